The van der Waals surface area contributed by atoms with Gasteiger partial charge in [0.15, 0.2) is 0 Å². The zero-order chi connectivity index (χ0) is 17.9. The lowest BCUT2D eigenvalue weighted by molar-refractivity contribution is -0.130. The number of hydrogen-bond donors (Lipinski definition) is 2. The summed E-state index contributed by atoms with van der Waals surface area (Å²) in [6.45, 7) is 0.457. The minimum Gasteiger partial charge on any atom is -0.354 e. The molecule has 2 fully saturated rings. The zero-order valence-corrected chi connectivity index (χ0v) is 14.5. The van der Waals surface area contributed by atoms with Gasteiger partial charge in [0.05, 0.1) is 5.41 Å². The van der Waals surface area contributed by atoms with Crippen LogP contribution in [-0.4, -0.2) is 24.8 Å². The summed E-state index contributed by atoms with van der Waals surface area (Å²) in [5.41, 5.74) is 6.65. The van der Waals surface area contributed by atoms with Crippen molar-refractivity contribution in [3.05, 3.63) is 35.6 Å². The average molecular weight is 346 g/mol. The summed E-state index contributed by atoms with van der Waals surface area (Å²) in [7, 11) is 0. The lowest BCUT2D eigenvalue weighted by atomic mass is 9.63. The fourth-order valence-electron chi connectivity index (χ4n) is 4.20. The van der Waals surface area contributed by atoms with Gasteiger partial charge in [0.25, 0.3) is 0 Å². The van der Waals surface area contributed by atoms with E-state index in [1.165, 1.54) is 12.1 Å². The third kappa shape index (κ3) is 3.76. The van der Waals surface area contributed by atoms with Crippen LogP contribution in [0.3, 0.4) is 0 Å². The largest absolute Gasteiger partial charge is 0.354 e. The summed E-state index contributed by atoms with van der Waals surface area (Å²) < 4.78 is 13.2. The summed E-state index contributed by atoms with van der Waals surface area (Å²) in [6.07, 6.45) is 7.34. The molecule has 5 heteroatoms. The fourth-order valence-corrected chi connectivity index (χ4v) is 4.20. The Balaban J connectivity index is 1.56. The second kappa shape index (κ2) is 7.65. The third-order valence-electron chi connectivity index (χ3n) is 6.15. The Morgan fingerprint density at radius 2 is 1.88 bits per heavy atom. The number of nitrogens with one attached hydrogen (secondary N) is 1. The number of rotatable bonds is 6. The van der Waals surface area contributed by atoms with Gasteiger partial charge in [-0.05, 0) is 62.1 Å². The summed E-state index contributed by atoms with van der Waals surface area (Å²) >= 11 is 0. The topological polar surface area (TPSA) is 72.2 Å². The fraction of sp³-hybridized carbons (Fsp3) is 0.600. The Hall–Kier alpha value is -1.75. The Labute approximate surface area is 148 Å². The Kier molecular flexibility index (Phi) is 5.52. The molecule has 1 atom stereocenters. The molecule has 4 nitrogen and oxygen atoms in total. The van der Waals surface area contributed by atoms with E-state index in [-0.39, 0.29) is 23.7 Å². The molecule has 0 aromatic heterocycles. The highest BCUT2D eigenvalue weighted by atomic mass is 19.1. The Morgan fingerprint density at radius 3 is 2.40 bits per heavy atom. The van der Waals surface area contributed by atoms with E-state index in [1.807, 2.05) is 0 Å². The van der Waals surface area contributed by atoms with Gasteiger partial charge in [0.1, 0.15) is 12.1 Å². The monoisotopic (exact) mass is 346 g/mol. The first-order valence-corrected chi connectivity index (χ1v) is 9.30. The predicted molar refractivity (Wildman–Crippen MR) is 94.4 cm³/mol. The van der Waals surface area contributed by atoms with E-state index < -0.39 is 5.41 Å². The Bertz CT molecular complexity index is 605. The molecule has 136 valence electrons. The van der Waals surface area contributed by atoms with Crippen molar-refractivity contribution in [2.24, 2.45) is 17.6 Å². The molecule has 3 rings (SSSR count). The van der Waals surface area contributed by atoms with E-state index >= 15 is 0 Å². The van der Waals surface area contributed by atoms with Gasteiger partial charge in [-0.2, -0.15) is 0 Å². The molecule has 0 aliphatic heterocycles. The van der Waals surface area contributed by atoms with Crippen LogP contribution < -0.4 is 11.1 Å². The van der Waals surface area contributed by atoms with Crippen LogP contribution in [0.2, 0.25) is 0 Å². The number of carbonyl (C=O) groups is 2. The van der Waals surface area contributed by atoms with Crippen LogP contribution in [0.1, 0.15) is 50.5 Å². The van der Waals surface area contributed by atoms with E-state index in [0.717, 1.165) is 56.8 Å². The van der Waals surface area contributed by atoms with Crippen molar-refractivity contribution < 1.29 is 14.0 Å². The maximum atomic E-state index is 13.2. The zero-order valence-electron chi connectivity index (χ0n) is 14.5. The molecule has 1 aromatic rings. The van der Waals surface area contributed by atoms with Crippen LogP contribution in [0.4, 0.5) is 4.39 Å². The number of aldehydes is 1. The molecule has 0 saturated heterocycles. The first-order chi connectivity index (χ1) is 12.0. The Morgan fingerprint density at radius 1 is 1.24 bits per heavy atom. The molecular formula is C20H27FN2O2. The number of carbonyl (C=O) groups excluding carboxylic acids is 2. The first kappa shape index (κ1) is 18.1. The number of benzene rings is 1. The molecule has 1 unspecified atom stereocenters. The maximum Gasteiger partial charge on any atom is 0.230 e. The smallest absolute Gasteiger partial charge is 0.230 e. The molecule has 2 aliphatic carbocycles. The molecule has 1 amide bonds. The summed E-state index contributed by atoms with van der Waals surface area (Å²) in [6, 6.07) is 6.19. The summed E-state index contributed by atoms with van der Waals surface area (Å²) in [5.74, 6) is 0.253. The molecule has 0 radical (unpaired) electrons. The van der Waals surface area contributed by atoms with Crippen molar-refractivity contribution in [2.75, 3.05) is 6.54 Å². The van der Waals surface area contributed by atoms with E-state index in [4.69, 9.17) is 5.73 Å². The van der Waals surface area contributed by atoms with Gasteiger partial charge >= 0.3 is 0 Å². The quantitative estimate of drug-likeness (QED) is 0.778. The van der Waals surface area contributed by atoms with Gasteiger partial charge in [0, 0.05) is 18.5 Å². The van der Waals surface area contributed by atoms with Crippen LogP contribution >= 0.6 is 0 Å². The van der Waals surface area contributed by atoms with Crippen molar-refractivity contribution in [1.82, 2.24) is 5.32 Å². The van der Waals surface area contributed by atoms with Crippen LogP contribution in [0.15, 0.2) is 24.3 Å². The number of hydrogen-bond acceptors (Lipinski definition) is 3. The maximum absolute atomic E-state index is 13.2. The van der Waals surface area contributed by atoms with Gasteiger partial charge < -0.3 is 15.8 Å². The molecule has 0 heterocycles. The number of nitrogens with two attached hydrogens (primary N) is 1. The van der Waals surface area contributed by atoms with Gasteiger partial charge in [-0.25, -0.2) is 4.39 Å². The van der Waals surface area contributed by atoms with Crippen molar-refractivity contribution in [2.45, 2.75) is 56.4 Å². The highest BCUT2D eigenvalue weighted by Gasteiger charge is 2.45. The molecule has 0 bridgehead atoms. The van der Waals surface area contributed by atoms with E-state index in [2.05, 4.69) is 5.32 Å². The van der Waals surface area contributed by atoms with Crippen molar-refractivity contribution >= 4 is 12.2 Å². The standard InChI is InChI=1S/C20H27FN2O2/c21-17-8-6-16(7-9-17)20(10-1-11-20)19(25)23-12-18(22)15-4-2-14(13-24)3-5-15/h6-9,13-15,18H,1-5,10-12,22H2,(H,23,25). The minimum atomic E-state index is -0.525. The van der Waals surface area contributed by atoms with Crippen LogP contribution in [0.25, 0.3) is 0 Å². The van der Waals surface area contributed by atoms with E-state index in [1.54, 1.807) is 12.1 Å². The van der Waals surface area contributed by atoms with Gasteiger partial charge in [-0.1, -0.05) is 18.6 Å². The molecule has 0 spiro atoms. The van der Waals surface area contributed by atoms with E-state index in [0.29, 0.717) is 12.5 Å². The second-order valence-electron chi connectivity index (χ2n) is 7.63. The predicted octanol–water partition coefficient (Wildman–Crippen LogP) is 2.70. The summed E-state index contributed by atoms with van der Waals surface area (Å²) in [5, 5.41) is 3.03. The third-order valence-corrected chi connectivity index (χ3v) is 6.15. The van der Waals surface area contributed by atoms with Gasteiger partial charge in [-0.15, -0.1) is 0 Å². The molecule has 3 N–H and O–H groups in total. The lowest BCUT2D eigenvalue weighted by Crippen LogP contribution is -2.52. The summed E-state index contributed by atoms with van der Waals surface area (Å²) in [4.78, 5) is 23.7. The normalized spacial score (nSPS) is 26.3. The van der Waals surface area contributed by atoms with Crippen LogP contribution in [0.5, 0.6) is 0 Å². The van der Waals surface area contributed by atoms with Crippen molar-refractivity contribution in [3.63, 3.8) is 0 Å². The molecule has 2 saturated carbocycles. The highest BCUT2D eigenvalue weighted by Crippen LogP contribution is 2.44. The van der Waals surface area contributed by atoms with Crippen LogP contribution in [-0.2, 0) is 15.0 Å². The molecule has 1 aromatic carbocycles. The van der Waals surface area contributed by atoms with E-state index in [9.17, 15) is 14.0 Å². The number of halogens is 1. The van der Waals surface area contributed by atoms with Gasteiger partial charge in [-0.3, -0.25) is 4.79 Å². The average Bonchev–Trinajstić information content (AvgIpc) is 2.60. The molecular weight excluding hydrogens is 319 g/mol. The first-order valence-electron chi connectivity index (χ1n) is 9.30. The van der Waals surface area contributed by atoms with Crippen LogP contribution in [0, 0.1) is 17.7 Å². The lowest BCUT2D eigenvalue weighted by Gasteiger charge is -2.41. The highest BCUT2D eigenvalue weighted by molar-refractivity contribution is 5.89. The van der Waals surface area contributed by atoms with Gasteiger partial charge in [0.2, 0.25) is 5.91 Å². The second-order valence-corrected chi connectivity index (χ2v) is 7.63. The van der Waals surface area contributed by atoms with Crippen molar-refractivity contribution in [3.8, 4) is 0 Å². The molecule has 2 aliphatic rings. The van der Waals surface area contributed by atoms with Crippen molar-refractivity contribution in [1.29, 1.82) is 0 Å². The molecule has 25 heavy (non-hydrogen) atoms. The SMILES string of the molecule is NC(CNC(=O)C1(c2ccc(F)cc2)CCC1)C1CCC(C=O)CC1. The number of amides is 1. The minimum absolute atomic E-state index is 0.00221.